The van der Waals surface area contributed by atoms with Gasteiger partial charge in [-0.05, 0) is 12.1 Å². The number of carboxylic acid groups (broad SMARTS) is 1. The molecule has 0 amide bonds. The minimum absolute atomic E-state index is 0.551. The number of hydrogen-bond acceptors (Lipinski definition) is 2. The second-order valence-corrected chi connectivity index (χ2v) is 4.16. The van der Waals surface area contributed by atoms with E-state index in [4.69, 9.17) is 10.8 Å². The van der Waals surface area contributed by atoms with Crippen LogP contribution in [0.1, 0.15) is 11.6 Å². The summed E-state index contributed by atoms with van der Waals surface area (Å²) in [5.41, 5.74) is 6.03. The lowest BCUT2D eigenvalue weighted by molar-refractivity contribution is -0.138. The molecule has 3 N–H and O–H groups in total. The first-order valence-corrected chi connectivity index (χ1v) is 5.05. The zero-order valence-corrected chi connectivity index (χ0v) is 9.67. The summed E-state index contributed by atoms with van der Waals surface area (Å²) >= 11 is 6.49. The Morgan fingerprint density at radius 3 is 2.23 bits per heavy atom. The van der Waals surface area contributed by atoms with E-state index in [0.717, 1.165) is 0 Å². The van der Waals surface area contributed by atoms with Gasteiger partial charge in [0.2, 0.25) is 0 Å². The minimum Gasteiger partial charge on any atom is -0.480 e. The summed E-state index contributed by atoms with van der Waals surface area (Å²) in [7, 11) is 0. The third-order valence-electron chi connectivity index (χ3n) is 1.58. The maximum absolute atomic E-state index is 10.6. The average Bonchev–Trinajstić information content (AvgIpc) is 2.03. The van der Waals surface area contributed by atoms with Crippen LogP contribution in [0.5, 0.6) is 0 Å². The smallest absolute Gasteiger partial charge is 0.325 e. The van der Waals surface area contributed by atoms with Crippen molar-refractivity contribution in [3.05, 3.63) is 32.7 Å². The Morgan fingerprint density at radius 2 is 1.85 bits per heavy atom. The summed E-state index contributed by atoms with van der Waals surface area (Å²) < 4.78 is 1.38. The van der Waals surface area contributed by atoms with E-state index in [2.05, 4.69) is 31.9 Å². The maximum atomic E-state index is 10.6. The Morgan fingerprint density at radius 1 is 1.38 bits per heavy atom. The van der Waals surface area contributed by atoms with Crippen LogP contribution in [0, 0.1) is 0 Å². The van der Waals surface area contributed by atoms with E-state index in [0.29, 0.717) is 14.5 Å². The second-order valence-electron chi connectivity index (χ2n) is 2.45. The molecule has 1 rings (SSSR count). The summed E-state index contributed by atoms with van der Waals surface area (Å²) in [6.45, 7) is 0. The van der Waals surface area contributed by atoms with E-state index in [1.807, 2.05) is 0 Å². The summed E-state index contributed by atoms with van der Waals surface area (Å²) in [5.74, 6) is -1.05. The highest BCUT2D eigenvalue weighted by molar-refractivity contribution is 9.11. The highest BCUT2D eigenvalue weighted by Gasteiger charge is 2.19. The van der Waals surface area contributed by atoms with E-state index < -0.39 is 12.0 Å². The average molecular weight is 309 g/mol. The highest BCUT2D eigenvalue weighted by atomic mass is 79.9. The number of benzene rings is 1. The van der Waals surface area contributed by atoms with Gasteiger partial charge in [-0.15, -0.1) is 0 Å². The molecule has 5 heteroatoms. The topological polar surface area (TPSA) is 63.3 Å². The van der Waals surface area contributed by atoms with E-state index in [1.54, 1.807) is 18.2 Å². The molecular formula is C8H7Br2NO2. The van der Waals surface area contributed by atoms with Crippen molar-refractivity contribution in [1.29, 1.82) is 0 Å². The molecular weight excluding hydrogens is 302 g/mol. The van der Waals surface area contributed by atoms with Crippen molar-refractivity contribution in [2.75, 3.05) is 0 Å². The number of carbonyl (C=O) groups is 1. The molecule has 0 fully saturated rings. The van der Waals surface area contributed by atoms with Gasteiger partial charge in [0.25, 0.3) is 0 Å². The molecule has 70 valence electrons. The Labute approximate surface area is 92.2 Å². The van der Waals surface area contributed by atoms with Crippen molar-refractivity contribution in [2.24, 2.45) is 5.73 Å². The van der Waals surface area contributed by atoms with Crippen LogP contribution in [0.2, 0.25) is 0 Å². The predicted molar refractivity (Wildman–Crippen MR) is 56.4 cm³/mol. The van der Waals surface area contributed by atoms with E-state index >= 15 is 0 Å². The van der Waals surface area contributed by atoms with Crippen LogP contribution in [-0.2, 0) is 4.79 Å². The molecule has 0 aliphatic rings. The molecule has 13 heavy (non-hydrogen) atoms. The number of rotatable bonds is 2. The van der Waals surface area contributed by atoms with Gasteiger partial charge in [-0.25, -0.2) is 0 Å². The summed E-state index contributed by atoms with van der Waals surface area (Å²) in [5, 5.41) is 8.72. The molecule has 0 bridgehead atoms. The fourth-order valence-electron chi connectivity index (χ4n) is 0.931. The molecule has 0 unspecified atom stereocenters. The van der Waals surface area contributed by atoms with Gasteiger partial charge in [-0.3, -0.25) is 4.79 Å². The van der Waals surface area contributed by atoms with E-state index in [-0.39, 0.29) is 0 Å². The van der Waals surface area contributed by atoms with Gasteiger partial charge in [0, 0.05) is 14.5 Å². The monoisotopic (exact) mass is 307 g/mol. The number of carboxylic acids is 1. The molecule has 0 spiro atoms. The van der Waals surface area contributed by atoms with Gasteiger partial charge in [-0.2, -0.15) is 0 Å². The molecule has 0 radical (unpaired) electrons. The summed E-state index contributed by atoms with van der Waals surface area (Å²) in [4.78, 5) is 10.6. The normalized spacial score (nSPS) is 12.5. The fourth-order valence-corrected chi connectivity index (χ4v) is 2.42. The predicted octanol–water partition coefficient (Wildman–Crippen LogP) is 2.30. The molecule has 0 aromatic heterocycles. The number of hydrogen-bond donors (Lipinski definition) is 2. The van der Waals surface area contributed by atoms with E-state index in [9.17, 15) is 4.79 Å². The van der Waals surface area contributed by atoms with Crippen LogP contribution in [-0.4, -0.2) is 11.1 Å². The maximum Gasteiger partial charge on any atom is 0.325 e. The van der Waals surface area contributed by atoms with Gasteiger partial charge >= 0.3 is 5.97 Å². The third-order valence-corrected chi connectivity index (χ3v) is 2.96. The van der Waals surface area contributed by atoms with Crippen molar-refractivity contribution < 1.29 is 9.90 Å². The lowest BCUT2D eigenvalue weighted by Crippen LogP contribution is -2.21. The van der Waals surface area contributed by atoms with Crippen LogP contribution < -0.4 is 5.73 Å². The zero-order valence-electron chi connectivity index (χ0n) is 6.50. The zero-order chi connectivity index (χ0) is 10.0. The molecule has 1 aromatic rings. The van der Waals surface area contributed by atoms with Crippen molar-refractivity contribution in [3.63, 3.8) is 0 Å². The minimum atomic E-state index is -1.05. The molecule has 1 atom stereocenters. The second kappa shape index (κ2) is 4.21. The van der Waals surface area contributed by atoms with Crippen LogP contribution >= 0.6 is 31.9 Å². The number of halogens is 2. The van der Waals surface area contributed by atoms with Crippen molar-refractivity contribution >= 4 is 37.8 Å². The molecule has 0 aliphatic heterocycles. The first-order valence-electron chi connectivity index (χ1n) is 3.46. The molecule has 1 aromatic carbocycles. The molecule has 0 aliphatic carbocycles. The van der Waals surface area contributed by atoms with Crippen molar-refractivity contribution in [3.8, 4) is 0 Å². The van der Waals surface area contributed by atoms with Crippen molar-refractivity contribution in [1.82, 2.24) is 0 Å². The summed E-state index contributed by atoms with van der Waals surface area (Å²) in [6.07, 6.45) is 0. The van der Waals surface area contributed by atoms with E-state index in [1.165, 1.54) is 0 Å². The summed E-state index contributed by atoms with van der Waals surface area (Å²) in [6, 6.07) is 4.29. The third kappa shape index (κ3) is 2.30. The van der Waals surface area contributed by atoms with Crippen LogP contribution in [0.3, 0.4) is 0 Å². The van der Waals surface area contributed by atoms with Crippen LogP contribution in [0.25, 0.3) is 0 Å². The molecule has 0 heterocycles. The lowest BCUT2D eigenvalue weighted by Gasteiger charge is -2.10. The SMILES string of the molecule is N[C@@H](C(=O)O)c1c(Br)cccc1Br. The number of nitrogens with two attached hydrogens (primary N) is 1. The van der Waals surface area contributed by atoms with Gasteiger partial charge in [-0.1, -0.05) is 37.9 Å². The van der Waals surface area contributed by atoms with Crippen LogP contribution in [0.4, 0.5) is 0 Å². The van der Waals surface area contributed by atoms with Gasteiger partial charge in [0.1, 0.15) is 6.04 Å². The van der Waals surface area contributed by atoms with Gasteiger partial charge < -0.3 is 10.8 Å². The first kappa shape index (κ1) is 10.7. The Bertz CT molecular complexity index is 321. The van der Waals surface area contributed by atoms with Gasteiger partial charge in [0.15, 0.2) is 0 Å². The molecule has 0 saturated heterocycles. The molecule has 0 saturated carbocycles. The Hall–Kier alpha value is -0.390. The standard InChI is InChI=1S/C8H7Br2NO2/c9-4-2-1-3-5(10)6(4)7(11)8(12)13/h1-3,7H,11H2,(H,12,13)/t7-/m1/s1. The van der Waals surface area contributed by atoms with Crippen molar-refractivity contribution in [2.45, 2.75) is 6.04 Å². The van der Waals surface area contributed by atoms with Crippen LogP contribution in [0.15, 0.2) is 27.1 Å². The highest BCUT2D eigenvalue weighted by Crippen LogP contribution is 2.29. The number of aliphatic carboxylic acids is 1. The largest absolute Gasteiger partial charge is 0.480 e. The fraction of sp³-hybridized carbons (Fsp3) is 0.125. The Balaban J connectivity index is 3.20. The lowest BCUT2D eigenvalue weighted by atomic mass is 10.1. The first-order chi connectivity index (χ1) is 6.04. The van der Waals surface area contributed by atoms with Gasteiger partial charge in [0.05, 0.1) is 0 Å². The molecule has 3 nitrogen and oxygen atoms in total. The quantitative estimate of drug-likeness (QED) is 0.881. The Kier molecular flexibility index (Phi) is 3.47.